The van der Waals surface area contributed by atoms with Gasteiger partial charge in [-0.05, 0) is 71.9 Å². The molecule has 0 radical (unpaired) electrons. The van der Waals surface area contributed by atoms with Gasteiger partial charge >= 0.3 is 0 Å². The standard InChI is InChI=1S/C31H25N5O2S2/c1-17-9-10-21(15-18(17)2)24-16-23(19-11-13-22(38-3)14-12-19)25-26(32)27(39-30(25)33-24)28(37)34-31-35-29(40-36-31)20-7-5-4-6-8-20/h4-16H,32H2,1-3H3,(H,34,36,37). The summed E-state index contributed by atoms with van der Waals surface area (Å²) in [5, 5.41) is 4.28. The molecule has 0 aliphatic heterocycles. The predicted molar refractivity (Wildman–Crippen MR) is 164 cm³/mol. The van der Waals surface area contributed by atoms with Crippen molar-refractivity contribution in [1.29, 1.82) is 0 Å². The number of rotatable bonds is 6. The minimum Gasteiger partial charge on any atom is -0.497 e. The van der Waals surface area contributed by atoms with Crippen molar-refractivity contribution >= 4 is 50.6 Å². The lowest BCUT2D eigenvalue weighted by Crippen LogP contribution is -2.13. The Balaban J connectivity index is 1.43. The highest BCUT2D eigenvalue weighted by molar-refractivity contribution is 7.21. The van der Waals surface area contributed by atoms with Crippen molar-refractivity contribution in [2.24, 2.45) is 0 Å². The van der Waals surface area contributed by atoms with Gasteiger partial charge in [0.05, 0.1) is 18.5 Å². The van der Waals surface area contributed by atoms with Crippen LogP contribution in [0.5, 0.6) is 5.75 Å². The molecular formula is C31H25N5O2S2. The summed E-state index contributed by atoms with van der Waals surface area (Å²) >= 11 is 2.49. The van der Waals surface area contributed by atoms with Crippen LogP contribution in [0.2, 0.25) is 0 Å². The molecule has 0 fully saturated rings. The van der Waals surface area contributed by atoms with Crippen LogP contribution in [0.1, 0.15) is 20.8 Å². The zero-order valence-electron chi connectivity index (χ0n) is 22.1. The van der Waals surface area contributed by atoms with Crippen LogP contribution in [0.15, 0.2) is 78.9 Å². The second-order valence-electron chi connectivity index (χ2n) is 9.35. The summed E-state index contributed by atoms with van der Waals surface area (Å²) in [6.45, 7) is 4.17. The molecule has 0 unspecified atom stereocenters. The number of carbonyl (C=O) groups is 1. The number of methoxy groups -OCH3 is 1. The van der Waals surface area contributed by atoms with Crippen LogP contribution in [0.3, 0.4) is 0 Å². The van der Waals surface area contributed by atoms with Gasteiger partial charge in [0.1, 0.15) is 20.5 Å². The maximum absolute atomic E-state index is 13.4. The minimum absolute atomic E-state index is 0.241. The first-order chi connectivity index (χ1) is 19.4. The Kier molecular flexibility index (Phi) is 6.75. The molecule has 7 nitrogen and oxygen atoms in total. The molecule has 3 N–H and O–H groups in total. The maximum Gasteiger partial charge on any atom is 0.270 e. The van der Waals surface area contributed by atoms with Gasteiger partial charge in [-0.2, -0.15) is 9.36 Å². The van der Waals surface area contributed by atoms with Crippen molar-refractivity contribution in [1.82, 2.24) is 14.3 Å². The number of aromatic nitrogens is 3. The fraction of sp³-hybridized carbons (Fsp3) is 0.0968. The highest BCUT2D eigenvalue weighted by Gasteiger charge is 2.23. The molecule has 40 heavy (non-hydrogen) atoms. The molecule has 1 amide bonds. The SMILES string of the molecule is COc1ccc(-c2cc(-c3ccc(C)c(C)c3)nc3sc(C(=O)Nc4nsc(-c5ccccc5)n4)c(N)c23)cc1. The smallest absolute Gasteiger partial charge is 0.270 e. The number of nitrogens with zero attached hydrogens (tertiary/aromatic N) is 3. The number of aryl methyl sites for hydroxylation is 2. The molecule has 3 aromatic carbocycles. The lowest BCUT2D eigenvalue weighted by molar-refractivity contribution is 0.103. The number of nitrogens with two attached hydrogens (primary N) is 1. The molecule has 0 bridgehead atoms. The zero-order chi connectivity index (χ0) is 27.8. The van der Waals surface area contributed by atoms with E-state index < -0.39 is 0 Å². The molecule has 6 rings (SSSR count). The molecule has 0 aliphatic carbocycles. The Hall–Kier alpha value is -4.60. The van der Waals surface area contributed by atoms with Crippen LogP contribution in [-0.2, 0) is 0 Å². The number of thiophene rings is 1. The first-order valence-electron chi connectivity index (χ1n) is 12.6. The second-order valence-corrected chi connectivity index (χ2v) is 11.1. The van der Waals surface area contributed by atoms with Gasteiger partial charge in [-0.15, -0.1) is 11.3 Å². The first-order valence-corrected chi connectivity index (χ1v) is 14.2. The van der Waals surface area contributed by atoms with Crippen LogP contribution in [0.25, 0.3) is 43.2 Å². The number of pyridine rings is 1. The van der Waals surface area contributed by atoms with Crippen LogP contribution < -0.4 is 15.8 Å². The van der Waals surface area contributed by atoms with Crippen molar-refractivity contribution in [3.63, 3.8) is 0 Å². The lowest BCUT2D eigenvalue weighted by Gasteiger charge is -2.11. The van der Waals surface area contributed by atoms with Gasteiger partial charge in [0.15, 0.2) is 0 Å². The molecule has 0 saturated heterocycles. The van der Waals surface area contributed by atoms with Crippen LogP contribution in [-0.4, -0.2) is 27.4 Å². The topological polar surface area (TPSA) is 103 Å². The van der Waals surface area contributed by atoms with E-state index in [0.29, 0.717) is 15.4 Å². The number of nitrogens with one attached hydrogen (secondary N) is 1. The normalized spacial score (nSPS) is 11.1. The van der Waals surface area contributed by atoms with E-state index in [1.165, 1.54) is 34.0 Å². The van der Waals surface area contributed by atoms with Crippen molar-refractivity contribution < 1.29 is 9.53 Å². The summed E-state index contributed by atoms with van der Waals surface area (Å²) in [5.41, 5.74) is 14.0. The fourth-order valence-electron chi connectivity index (χ4n) is 4.47. The lowest BCUT2D eigenvalue weighted by atomic mass is 9.98. The van der Waals surface area contributed by atoms with Crippen molar-refractivity contribution in [2.45, 2.75) is 13.8 Å². The molecule has 6 aromatic rings. The highest BCUT2D eigenvalue weighted by Crippen LogP contribution is 2.42. The van der Waals surface area contributed by atoms with E-state index >= 15 is 0 Å². The Morgan fingerprint density at radius 1 is 0.875 bits per heavy atom. The average Bonchev–Trinajstić information content (AvgIpc) is 3.59. The molecule has 198 valence electrons. The summed E-state index contributed by atoms with van der Waals surface area (Å²) in [6, 6.07) is 25.8. The van der Waals surface area contributed by atoms with E-state index in [-0.39, 0.29) is 11.9 Å². The van der Waals surface area contributed by atoms with Gasteiger partial charge in [0, 0.05) is 16.5 Å². The minimum atomic E-state index is -0.369. The highest BCUT2D eigenvalue weighted by atomic mass is 32.1. The summed E-state index contributed by atoms with van der Waals surface area (Å²) in [6.07, 6.45) is 0. The Labute approximate surface area is 239 Å². The average molecular weight is 564 g/mol. The molecule has 3 heterocycles. The third-order valence-electron chi connectivity index (χ3n) is 6.78. The molecule has 9 heteroatoms. The quantitative estimate of drug-likeness (QED) is 0.216. The second kappa shape index (κ2) is 10.5. The summed E-state index contributed by atoms with van der Waals surface area (Å²) in [7, 11) is 1.64. The summed E-state index contributed by atoms with van der Waals surface area (Å²) < 4.78 is 9.68. The summed E-state index contributed by atoms with van der Waals surface area (Å²) in [4.78, 5) is 23.9. The van der Waals surface area contributed by atoms with Gasteiger partial charge < -0.3 is 10.5 Å². The van der Waals surface area contributed by atoms with E-state index in [9.17, 15) is 4.79 Å². The molecule has 3 aromatic heterocycles. The van der Waals surface area contributed by atoms with Gasteiger partial charge in [-0.1, -0.05) is 54.6 Å². The maximum atomic E-state index is 13.4. The molecule has 0 aliphatic rings. The largest absolute Gasteiger partial charge is 0.497 e. The molecule has 0 atom stereocenters. The number of benzene rings is 3. The molecule has 0 saturated carbocycles. The number of nitrogen functional groups attached to an aromatic ring is 1. The Morgan fingerprint density at radius 2 is 1.62 bits per heavy atom. The number of amides is 1. The summed E-state index contributed by atoms with van der Waals surface area (Å²) in [5.74, 6) is 0.628. The van der Waals surface area contributed by atoms with Gasteiger partial charge in [0.2, 0.25) is 5.95 Å². The van der Waals surface area contributed by atoms with Crippen LogP contribution in [0.4, 0.5) is 11.6 Å². The van der Waals surface area contributed by atoms with Gasteiger partial charge in [0.25, 0.3) is 5.91 Å². The van der Waals surface area contributed by atoms with E-state index in [1.54, 1.807) is 7.11 Å². The Morgan fingerprint density at radius 3 is 2.35 bits per heavy atom. The van der Waals surface area contributed by atoms with E-state index in [4.69, 9.17) is 15.5 Å². The number of carbonyl (C=O) groups excluding carboxylic acids is 1. The fourth-order valence-corrected chi connectivity index (χ4v) is 6.11. The molecular weight excluding hydrogens is 539 g/mol. The Bertz CT molecular complexity index is 1860. The van der Waals surface area contributed by atoms with Crippen LogP contribution >= 0.6 is 22.9 Å². The third-order valence-corrected chi connectivity index (χ3v) is 8.64. The number of fused-ring (bicyclic) bond motifs is 1. The van der Waals surface area contributed by atoms with Gasteiger partial charge in [-0.25, -0.2) is 4.98 Å². The number of hydrogen-bond donors (Lipinski definition) is 2. The van der Waals surface area contributed by atoms with E-state index in [0.717, 1.165) is 44.1 Å². The monoisotopic (exact) mass is 563 g/mol. The predicted octanol–water partition coefficient (Wildman–Crippen LogP) is 7.61. The van der Waals surface area contributed by atoms with Crippen molar-refractivity contribution in [3.05, 3.63) is 94.9 Å². The zero-order valence-corrected chi connectivity index (χ0v) is 23.7. The first kappa shape index (κ1) is 25.7. The van der Waals surface area contributed by atoms with Crippen molar-refractivity contribution in [3.8, 4) is 38.7 Å². The van der Waals surface area contributed by atoms with E-state index in [2.05, 4.69) is 46.7 Å². The van der Waals surface area contributed by atoms with Gasteiger partial charge in [-0.3, -0.25) is 10.1 Å². The van der Waals surface area contributed by atoms with Crippen molar-refractivity contribution in [2.75, 3.05) is 18.2 Å². The number of ether oxygens (including phenoxy) is 1. The van der Waals surface area contributed by atoms with E-state index in [1.807, 2.05) is 60.7 Å². The van der Waals surface area contributed by atoms with Crippen LogP contribution in [0, 0.1) is 13.8 Å². The number of anilines is 2. The third kappa shape index (κ3) is 4.81. The number of hydrogen-bond acceptors (Lipinski definition) is 8. The molecule has 0 spiro atoms.